The van der Waals surface area contributed by atoms with E-state index in [2.05, 4.69) is 20.5 Å². The molecule has 26 heavy (non-hydrogen) atoms. The van der Waals surface area contributed by atoms with Gasteiger partial charge in [-0.15, -0.1) is 5.10 Å². The number of hydrogen-bond acceptors (Lipinski definition) is 5. The summed E-state index contributed by atoms with van der Waals surface area (Å²) in [7, 11) is 1.79. The fourth-order valence-electron chi connectivity index (χ4n) is 2.95. The van der Waals surface area contributed by atoms with E-state index in [1.165, 1.54) is 0 Å². The normalized spacial score (nSPS) is 15.2. The lowest BCUT2D eigenvalue weighted by atomic mass is 10.2. The molecule has 2 aromatic rings. The first kappa shape index (κ1) is 18.8. The van der Waals surface area contributed by atoms with Gasteiger partial charge in [0, 0.05) is 64.0 Å². The molecule has 0 saturated carbocycles. The standard InChI is InChI=1S/C18H25ClN6O/c1-23(12-15-2-4-16(19)5-3-15)18(26)14-25-13-17(21-22-25)6-9-24-10-7-20-8-11-24/h2-5,13,20H,6-12,14H2,1H3. The van der Waals surface area contributed by atoms with Gasteiger partial charge < -0.3 is 15.1 Å². The number of benzene rings is 1. The van der Waals surface area contributed by atoms with Gasteiger partial charge in [0.15, 0.2) is 0 Å². The van der Waals surface area contributed by atoms with Crippen LogP contribution in [0, 0.1) is 0 Å². The maximum Gasteiger partial charge on any atom is 0.244 e. The van der Waals surface area contributed by atoms with Crippen LogP contribution in [0.5, 0.6) is 0 Å². The van der Waals surface area contributed by atoms with Crippen LogP contribution < -0.4 is 5.32 Å². The molecule has 1 fully saturated rings. The molecule has 0 spiro atoms. The van der Waals surface area contributed by atoms with E-state index in [0.29, 0.717) is 11.6 Å². The van der Waals surface area contributed by atoms with E-state index >= 15 is 0 Å². The molecule has 0 radical (unpaired) electrons. The molecule has 8 heteroatoms. The number of piperazine rings is 1. The van der Waals surface area contributed by atoms with Crippen LogP contribution in [0.2, 0.25) is 5.02 Å². The zero-order valence-electron chi connectivity index (χ0n) is 15.1. The van der Waals surface area contributed by atoms with Crippen LogP contribution in [0.25, 0.3) is 0 Å². The number of aromatic nitrogens is 3. The number of hydrogen-bond donors (Lipinski definition) is 1. The fourth-order valence-corrected chi connectivity index (χ4v) is 3.07. The third kappa shape index (κ3) is 5.52. The summed E-state index contributed by atoms with van der Waals surface area (Å²) in [6, 6.07) is 7.51. The maximum absolute atomic E-state index is 12.4. The summed E-state index contributed by atoms with van der Waals surface area (Å²) < 4.78 is 1.62. The molecule has 1 aromatic carbocycles. The second-order valence-corrected chi connectivity index (χ2v) is 7.06. The topological polar surface area (TPSA) is 66.3 Å². The highest BCUT2D eigenvalue weighted by molar-refractivity contribution is 6.30. The van der Waals surface area contributed by atoms with E-state index in [-0.39, 0.29) is 12.5 Å². The van der Waals surface area contributed by atoms with Crippen molar-refractivity contribution in [2.24, 2.45) is 0 Å². The summed E-state index contributed by atoms with van der Waals surface area (Å²) in [5.74, 6) is -0.00138. The zero-order chi connectivity index (χ0) is 18.4. The average Bonchev–Trinajstić information content (AvgIpc) is 3.10. The fraction of sp³-hybridized carbons (Fsp3) is 0.500. The van der Waals surface area contributed by atoms with Gasteiger partial charge in [-0.05, 0) is 17.7 Å². The Morgan fingerprint density at radius 3 is 2.73 bits per heavy atom. The number of amides is 1. The van der Waals surface area contributed by atoms with Crippen molar-refractivity contribution in [2.75, 3.05) is 39.8 Å². The molecule has 1 saturated heterocycles. The van der Waals surface area contributed by atoms with E-state index in [0.717, 1.165) is 50.4 Å². The molecule has 1 aliphatic heterocycles. The molecule has 0 atom stereocenters. The first-order valence-corrected chi connectivity index (χ1v) is 9.28. The molecule has 3 rings (SSSR count). The van der Waals surface area contributed by atoms with E-state index in [4.69, 9.17) is 11.6 Å². The maximum atomic E-state index is 12.4. The second-order valence-electron chi connectivity index (χ2n) is 6.63. The lowest BCUT2D eigenvalue weighted by molar-refractivity contribution is -0.131. The lowest BCUT2D eigenvalue weighted by Gasteiger charge is -2.26. The minimum Gasteiger partial charge on any atom is -0.340 e. The van der Waals surface area contributed by atoms with Gasteiger partial charge in [0.1, 0.15) is 6.54 Å². The van der Waals surface area contributed by atoms with E-state index in [1.807, 2.05) is 30.5 Å². The summed E-state index contributed by atoms with van der Waals surface area (Å²) in [4.78, 5) is 16.5. The van der Waals surface area contributed by atoms with Gasteiger partial charge in [-0.25, -0.2) is 4.68 Å². The van der Waals surface area contributed by atoms with Crippen molar-refractivity contribution in [3.8, 4) is 0 Å². The van der Waals surface area contributed by atoms with Crippen LogP contribution in [0.1, 0.15) is 11.3 Å². The Hall–Kier alpha value is -1.96. The number of nitrogens with zero attached hydrogens (tertiary/aromatic N) is 5. The predicted molar refractivity (Wildman–Crippen MR) is 101 cm³/mol. The summed E-state index contributed by atoms with van der Waals surface area (Å²) in [6.45, 7) is 5.95. The highest BCUT2D eigenvalue weighted by Crippen LogP contribution is 2.11. The minimum absolute atomic E-state index is 0.00138. The summed E-state index contributed by atoms with van der Waals surface area (Å²) in [5.41, 5.74) is 1.97. The molecular formula is C18H25ClN6O. The van der Waals surface area contributed by atoms with Crippen LogP contribution in [0.15, 0.2) is 30.5 Å². The molecule has 2 heterocycles. The number of rotatable bonds is 7. The first-order chi connectivity index (χ1) is 12.6. The Bertz CT molecular complexity index is 711. The summed E-state index contributed by atoms with van der Waals surface area (Å²) >= 11 is 5.89. The van der Waals surface area contributed by atoms with E-state index < -0.39 is 0 Å². The van der Waals surface area contributed by atoms with Crippen LogP contribution in [-0.4, -0.2) is 70.5 Å². The largest absolute Gasteiger partial charge is 0.340 e. The Labute approximate surface area is 158 Å². The van der Waals surface area contributed by atoms with Gasteiger partial charge >= 0.3 is 0 Å². The average molecular weight is 377 g/mol. The summed E-state index contributed by atoms with van der Waals surface area (Å²) in [6.07, 6.45) is 2.73. The molecule has 1 aliphatic rings. The Morgan fingerprint density at radius 1 is 1.27 bits per heavy atom. The number of nitrogens with one attached hydrogen (secondary N) is 1. The zero-order valence-corrected chi connectivity index (χ0v) is 15.8. The van der Waals surface area contributed by atoms with Crippen LogP contribution in [0.4, 0.5) is 0 Å². The molecule has 140 valence electrons. The second kappa shape index (κ2) is 9.12. The van der Waals surface area contributed by atoms with E-state index in [9.17, 15) is 4.79 Å². The van der Waals surface area contributed by atoms with Crippen LogP contribution in [-0.2, 0) is 24.3 Å². The third-order valence-electron chi connectivity index (χ3n) is 4.54. The van der Waals surface area contributed by atoms with Crippen molar-refractivity contribution < 1.29 is 4.79 Å². The molecule has 0 unspecified atom stereocenters. The molecule has 1 aromatic heterocycles. The Kier molecular flexibility index (Phi) is 6.60. The monoisotopic (exact) mass is 376 g/mol. The van der Waals surface area contributed by atoms with Crippen LogP contribution >= 0.6 is 11.6 Å². The lowest BCUT2D eigenvalue weighted by Crippen LogP contribution is -2.44. The molecule has 1 N–H and O–H groups in total. The minimum atomic E-state index is -0.00138. The van der Waals surface area contributed by atoms with Crippen molar-refractivity contribution in [3.63, 3.8) is 0 Å². The number of halogens is 1. The van der Waals surface area contributed by atoms with Crippen molar-refractivity contribution in [2.45, 2.75) is 19.5 Å². The van der Waals surface area contributed by atoms with Gasteiger partial charge in [-0.3, -0.25) is 4.79 Å². The molecule has 1 amide bonds. The number of carbonyl (C=O) groups is 1. The highest BCUT2D eigenvalue weighted by atomic mass is 35.5. The van der Waals surface area contributed by atoms with Gasteiger partial charge in [0.05, 0.1) is 5.69 Å². The summed E-state index contributed by atoms with van der Waals surface area (Å²) in [5, 5.41) is 12.3. The smallest absolute Gasteiger partial charge is 0.244 e. The predicted octanol–water partition coefficient (Wildman–Crippen LogP) is 1.04. The molecule has 0 aliphatic carbocycles. The van der Waals surface area contributed by atoms with Crippen molar-refractivity contribution in [1.82, 2.24) is 30.1 Å². The van der Waals surface area contributed by atoms with Crippen molar-refractivity contribution in [1.29, 1.82) is 0 Å². The van der Waals surface area contributed by atoms with Crippen LogP contribution in [0.3, 0.4) is 0 Å². The number of likely N-dealkylation sites (N-methyl/N-ethyl adjacent to an activating group) is 1. The Morgan fingerprint density at radius 2 is 2.00 bits per heavy atom. The quantitative estimate of drug-likeness (QED) is 0.782. The van der Waals surface area contributed by atoms with Crippen molar-refractivity contribution >= 4 is 17.5 Å². The molecular weight excluding hydrogens is 352 g/mol. The SMILES string of the molecule is CN(Cc1ccc(Cl)cc1)C(=O)Cn1cc(CCN2CCNCC2)nn1. The van der Waals surface area contributed by atoms with Gasteiger partial charge in [0.25, 0.3) is 0 Å². The first-order valence-electron chi connectivity index (χ1n) is 8.90. The van der Waals surface area contributed by atoms with Gasteiger partial charge in [-0.2, -0.15) is 0 Å². The third-order valence-corrected chi connectivity index (χ3v) is 4.79. The Balaban J connectivity index is 1.46. The van der Waals surface area contributed by atoms with Gasteiger partial charge in [-0.1, -0.05) is 28.9 Å². The highest BCUT2D eigenvalue weighted by Gasteiger charge is 2.13. The molecule has 0 bridgehead atoms. The van der Waals surface area contributed by atoms with E-state index in [1.54, 1.807) is 16.6 Å². The van der Waals surface area contributed by atoms with Gasteiger partial charge in [0.2, 0.25) is 5.91 Å². The molecule has 7 nitrogen and oxygen atoms in total. The van der Waals surface area contributed by atoms with Crippen molar-refractivity contribution in [3.05, 3.63) is 46.7 Å². The number of carbonyl (C=O) groups excluding carboxylic acids is 1.